The van der Waals surface area contributed by atoms with Crippen LogP contribution in [0.3, 0.4) is 0 Å². The molecule has 0 aromatic heterocycles. The molecule has 0 unspecified atom stereocenters. The molecule has 1 heterocycles. The van der Waals surface area contributed by atoms with E-state index in [9.17, 15) is 9.59 Å². The summed E-state index contributed by atoms with van der Waals surface area (Å²) in [6.45, 7) is 5.66. The highest BCUT2D eigenvalue weighted by Crippen LogP contribution is 2.25. The van der Waals surface area contributed by atoms with Crippen molar-refractivity contribution in [3.05, 3.63) is 34.9 Å². The first kappa shape index (κ1) is 16.8. The van der Waals surface area contributed by atoms with Crippen LogP contribution in [0.2, 0.25) is 0 Å². The molecule has 1 aromatic rings. The highest BCUT2D eigenvalue weighted by Gasteiger charge is 2.33. The van der Waals surface area contributed by atoms with E-state index in [0.717, 1.165) is 12.8 Å². The topological polar surface area (TPSA) is 73.5 Å². The Hall–Kier alpha value is -2.08. The highest BCUT2D eigenvalue weighted by atomic mass is 16.2. The van der Waals surface area contributed by atoms with Gasteiger partial charge in [0.25, 0.3) is 0 Å². The number of amides is 4. The fraction of sp³-hybridized carbons (Fsp3) is 0.556. The number of carbonyl (C=O) groups is 2. The summed E-state index contributed by atoms with van der Waals surface area (Å²) in [7, 11) is 0. The van der Waals surface area contributed by atoms with Gasteiger partial charge in [0.15, 0.2) is 6.29 Å². The van der Waals surface area contributed by atoms with E-state index in [-0.39, 0.29) is 24.1 Å². The van der Waals surface area contributed by atoms with Crippen LogP contribution in [0, 0.1) is 0 Å². The average Bonchev–Trinajstić information content (AvgIpc) is 2.53. The van der Waals surface area contributed by atoms with E-state index < -0.39 is 6.29 Å². The van der Waals surface area contributed by atoms with Crippen molar-refractivity contribution < 1.29 is 9.59 Å². The van der Waals surface area contributed by atoms with E-state index in [1.807, 2.05) is 20.8 Å². The molecule has 4 amide bonds. The summed E-state index contributed by atoms with van der Waals surface area (Å²) in [6.07, 6.45) is 4.25. The molecule has 1 aliphatic heterocycles. The Kier molecular flexibility index (Phi) is 4.76. The van der Waals surface area contributed by atoms with Crippen molar-refractivity contribution in [2.75, 3.05) is 0 Å². The van der Waals surface area contributed by atoms with E-state index in [0.29, 0.717) is 0 Å². The van der Waals surface area contributed by atoms with Gasteiger partial charge in [0, 0.05) is 12.1 Å². The molecule has 1 aromatic carbocycles. The minimum Gasteiger partial charge on any atom is -0.304 e. The van der Waals surface area contributed by atoms with Crippen LogP contribution in [0.25, 0.3) is 0 Å². The fourth-order valence-electron chi connectivity index (χ4n) is 3.44. The minimum atomic E-state index is -0.564. The molecule has 6 nitrogen and oxygen atoms in total. The zero-order valence-corrected chi connectivity index (χ0v) is 14.6. The molecule has 0 bridgehead atoms. The molecule has 1 aliphatic carbocycles. The van der Waals surface area contributed by atoms with Crippen molar-refractivity contribution in [2.45, 2.75) is 64.8 Å². The third-order valence-corrected chi connectivity index (χ3v) is 4.78. The lowest BCUT2D eigenvalue weighted by molar-refractivity contribution is 0.146. The number of rotatable bonds is 4. The van der Waals surface area contributed by atoms with Crippen LogP contribution in [-0.2, 0) is 12.8 Å². The fourth-order valence-corrected chi connectivity index (χ4v) is 3.44. The molecule has 0 spiro atoms. The highest BCUT2D eigenvalue weighted by molar-refractivity contribution is 5.96. The summed E-state index contributed by atoms with van der Waals surface area (Å²) in [4.78, 5) is 25.3. The van der Waals surface area contributed by atoms with Crippen LogP contribution in [0.5, 0.6) is 0 Å². The van der Waals surface area contributed by atoms with Crippen molar-refractivity contribution >= 4 is 12.1 Å². The predicted octanol–water partition coefficient (Wildman–Crippen LogP) is 2.64. The Morgan fingerprint density at radius 1 is 1.04 bits per heavy atom. The Morgan fingerprint density at radius 3 is 2.29 bits per heavy atom. The number of hydrogen-bond acceptors (Lipinski definition) is 3. The van der Waals surface area contributed by atoms with Gasteiger partial charge in [-0.05, 0) is 63.1 Å². The van der Waals surface area contributed by atoms with Gasteiger partial charge in [-0.15, -0.1) is 0 Å². The second-order valence-electron chi connectivity index (χ2n) is 6.92. The number of nitrogens with zero attached hydrogens (tertiary/aromatic N) is 1. The van der Waals surface area contributed by atoms with Gasteiger partial charge in [0.1, 0.15) is 0 Å². The van der Waals surface area contributed by atoms with Gasteiger partial charge in [-0.2, -0.15) is 0 Å². The zero-order valence-electron chi connectivity index (χ0n) is 14.6. The average molecular weight is 330 g/mol. The third kappa shape index (κ3) is 3.38. The number of carbonyl (C=O) groups excluding carboxylic acids is 2. The quantitative estimate of drug-likeness (QED) is 0.794. The molecular formula is C18H26N4O2. The van der Waals surface area contributed by atoms with E-state index in [1.54, 1.807) is 0 Å². The first-order valence-electron chi connectivity index (χ1n) is 8.73. The number of benzene rings is 1. The first-order valence-corrected chi connectivity index (χ1v) is 8.73. The maximum atomic E-state index is 12.1. The molecule has 2 aliphatic rings. The lowest BCUT2D eigenvalue weighted by atomic mass is 9.89. The molecule has 1 saturated heterocycles. The molecule has 0 saturated carbocycles. The van der Waals surface area contributed by atoms with Crippen LogP contribution >= 0.6 is 0 Å². The van der Waals surface area contributed by atoms with E-state index in [4.69, 9.17) is 0 Å². The Balaban J connectivity index is 1.66. The Bertz CT molecular complexity index is 626. The van der Waals surface area contributed by atoms with Crippen molar-refractivity contribution in [1.82, 2.24) is 20.9 Å². The van der Waals surface area contributed by atoms with Gasteiger partial charge in [-0.25, -0.2) is 14.5 Å². The van der Waals surface area contributed by atoms with Crippen molar-refractivity contribution in [1.29, 1.82) is 0 Å². The van der Waals surface area contributed by atoms with Gasteiger partial charge in [0.2, 0.25) is 0 Å². The van der Waals surface area contributed by atoms with Crippen molar-refractivity contribution in [3.63, 3.8) is 0 Å². The number of fused-ring (bicyclic) bond motifs is 1. The summed E-state index contributed by atoms with van der Waals surface area (Å²) < 4.78 is 0. The SMILES string of the molecule is CC(C)N1C(=O)NC(N[C@@H](C)c2ccc3c(c2)CCCC3)NC1=O. The van der Waals surface area contributed by atoms with Crippen LogP contribution < -0.4 is 16.0 Å². The van der Waals surface area contributed by atoms with Crippen LogP contribution in [0.15, 0.2) is 18.2 Å². The third-order valence-electron chi connectivity index (χ3n) is 4.78. The molecular weight excluding hydrogens is 304 g/mol. The lowest BCUT2D eigenvalue weighted by Crippen LogP contribution is -2.69. The maximum absolute atomic E-state index is 12.1. The molecule has 1 fully saturated rings. The summed E-state index contributed by atoms with van der Waals surface area (Å²) in [6, 6.07) is 5.69. The number of nitrogens with one attached hydrogen (secondary N) is 3. The zero-order chi connectivity index (χ0) is 17.3. The van der Waals surface area contributed by atoms with E-state index in [1.165, 1.54) is 34.4 Å². The molecule has 24 heavy (non-hydrogen) atoms. The molecule has 0 radical (unpaired) electrons. The van der Waals surface area contributed by atoms with Gasteiger partial charge in [-0.3, -0.25) is 5.32 Å². The molecule has 6 heteroatoms. The second-order valence-corrected chi connectivity index (χ2v) is 6.92. The lowest BCUT2D eigenvalue weighted by Gasteiger charge is -2.36. The summed E-state index contributed by atoms with van der Waals surface area (Å²) >= 11 is 0. The summed E-state index contributed by atoms with van der Waals surface area (Å²) in [5, 5.41) is 8.84. The second kappa shape index (κ2) is 6.81. The van der Waals surface area contributed by atoms with Gasteiger partial charge in [-0.1, -0.05) is 18.2 Å². The Labute approximate surface area is 143 Å². The summed E-state index contributed by atoms with van der Waals surface area (Å²) in [5.41, 5.74) is 4.05. The van der Waals surface area contributed by atoms with E-state index >= 15 is 0 Å². The predicted molar refractivity (Wildman–Crippen MR) is 92.5 cm³/mol. The summed E-state index contributed by atoms with van der Waals surface area (Å²) in [5.74, 6) is 0. The molecule has 3 N–H and O–H groups in total. The van der Waals surface area contributed by atoms with Gasteiger partial charge in [0.05, 0.1) is 0 Å². The molecule has 3 rings (SSSR count). The van der Waals surface area contributed by atoms with Crippen LogP contribution in [-0.4, -0.2) is 29.3 Å². The van der Waals surface area contributed by atoms with Crippen LogP contribution in [0.1, 0.15) is 56.3 Å². The van der Waals surface area contributed by atoms with Gasteiger partial charge < -0.3 is 10.6 Å². The Morgan fingerprint density at radius 2 is 1.67 bits per heavy atom. The normalized spacial score (nSPS) is 19.8. The van der Waals surface area contributed by atoms with Crippen molar-refractivity contribution in [2.24, 2.45) is 0 Å². The molecule has 1 atom stereocenters. The van der Waals surface area contributed by atoms with Gasteiger partial charge >= 0.3 is 12.1 Å². The number of urea groups is 2. The number of hydrogen-bond donors (Lipinski definition) is 3. The number of aryl methyl sites for hydroxylation is 2. The maximum Gasteiger partial charge on any atom is 0.328 e. The van der Waals surface area contributed by atoms with E-state index in [2.05, 4.69) is 34.1 Å². The van der Waals surface area contributed by atoms with Crippen molar-refractivity contribution in [3.8, 4) is 0 Å². The standard InChI is InChI=1S/C18H26N4O2/c1-11(2)22-17(23)20-16(21-18(22)24)19-12(3)14-9-8-13-6-4-5-7-15(13)10-14/h8-12,16,19H,4-7H2,1-3H3,(H,20,23)(H,21,24)/t12-/m0/s1. The van der Waals surface area contributed by atoms with Crippen LogP contribution in [0.4, 0.5) is 9.59 Å². The largest absolute Gasteiger partial charge is 0.328 e. The first-order chi connectivity index (χ1) is 11.5. The monoisotopic (exact) mass is 330 g/mol. The number of imide groups is 1. The smallest absolute Gasteiger partial charge is 0.304 e. The minimum absolute atomic E-state index is 0.0217. The molecule has 130 valence electrons.